The number of piperidine rings is 1. The summed E-state index contributed by atoms with van der Waals surface area (Å²) in [5, 5.41) is 0. The fourth-order valence-corrected chi connectivity index (χ4v) is 2.94. The number of halogens is 2. The van der Waals surface area contributed by atoms with Crippen LogP contribution in [0.25, 0.3) is 0 Å². The van der Waals surface area contributed by atoms with Gasteiger partial charge in [0.1, 0.15) is 5.82 Å². The molecule has 0 bridgehead atoms. The number of hydrogen-bond donors (Lipinski definition) is 1. The summed E-state index contributed by atoms with van der Waals surface area (Å²) in [4.78, 5) is 7.66. The molecule has 1 aliphatic heterocycles. The van der Waals surface area contributed by atoms with Gasteiger partial charge in [-0.2, -0.15) is 0 Å². The molecule has 0 aliphatic carbocycles. The summed E-state index contributed by atoms with van der Waals surface area (Å²) in [5.74, 6) is 2.12. The second-order valence-corrected chi connectivity index (χ2v) is 6.38. The molecule has 2 N–H and O–H groups in total. The molecule has 1 heterocycles. The first kappa shape index (κ1) is 18.5. The summed E-state index contributed by atoms with van der Waals surface area (Å²) >= 11 is 1.67. The zero-order valence-electron chi connectivity index (χ0n) is 12.3. The predicted octanol–water partition coefficient (Wildman–Crippen LogP) is 3.58. The third-order valence-corrected chi connectivity index (χ3v) is 4.55. The third-order valence-electron chi connectivity index (χ3n) is 3.56. The Hall–Kier alpha value is -0.500. The minimum Gasteiger partial charge on any atom is -0.370 e. The molecule has 0 radical (unpaired) electrons. The minimum atomic E-state index is -0.198. The van der Waals surface area contributed by atoms with Crippen molar-refractivity contribution in [1.82, 2.24) is 4.90 Å². The first-order chi connectivity index (χ1) is 9.65. The highest BCUT2D eigenvalue weighted by Gasteiger charge is 2.16. The summed E-state index contributed by atoms with van der Waals surface area (Å²) in [7, 11) is 0. The molecule has 1 saturated heterocycles. The highest BCUT2D eigenvalue weighted by molar-refractivity contribution is 14.0. The molecule has 0 atom stereocenters. The van der Waals surface area contributed by atoms with E-state index in [0.717, 1.165) is 29.7 Å². The summed E-state index contributed by atoms with van der Waals surface area (Å²) in [6.07, 6.45) is 2.39. The van der Waals surface area contributed by atoms with Crippen LogP contribution in [0, 0.1) is 11.7 Å². The Morgan fingerprint density at radius 1 is 1.33 bits per heavy atom. The molecule has 0 unspecified atom stereocenters. The number of nitrogens with two attached hydrogens (primary N) is 1. The normalized spacial score (nSPS) is 16.7. The second-order valence-electron chi connectivity index (χ2n) is 5.21. The third kappa shape index (κ3) is 6.42. The van der Waals surface area contributed by atoms with Gasteiger partial charge in [0.2, 0.25) is 0 Å². The Kier molecular flexibility index (Phi) is 8.39. The zero-order valence-corrected chi connectivity index (χ0v) is 15.4. The molecular formula is C15H23FIN3S. The van der Waals surface area contributed by atoms with E-state index in [1.807, 2.05) is 0 Å². The lowest BCUT2D eigenvalue weighted by molar-refractivity contribution is 0.278. The molecule has 1 aromatic rings. The number of benzene rings is 1. The fourth-order valence-electron chi connectivity index (χ4n) is 2.19. The van der Waals surface area contributed by atoms with Crippen LogP contribution in [0.3, 0.4) is 0 Å². The predicted molar refractivity (Wildman–Crippen MR) is 99.0 cm³/mol. The lowest BCUT2D eigenvalue weighted by Gasteiger charge is -2.31. The van der Waals surface area contributed by atoms with Crippen LogP contribution in [0.2, 0.25) is 0 Å². The topological polar surface area (TPSA) is 41.6 Å². The monoisotopic (exact) mass is 423 g/mol. The van der Waals surface area contributed by atoms with Gasteiger partial charge in [-0.1, -0.05) is 6.92 Å². The molecule has 0 spiro atoms. The van der Waals surface area contributed by atoms with Crippen LogP contribution >= 0.6 is 35.7 Å². The molecule has 21 heavy (non-hydrogen) atoms. The van der Waals surface area contributed by atoms with Gasteiger partial charge in [0.25, 0.3) is 0 Å². The Balaban J connectivity index is 0.00000220. The Morgan fingerprint density at radius 2 is 1.95 bits per heavy atom. The highest BCUT2D eigenvalue weighted by atomic mass is 127. The average Bonchev–Trinajstić information content (AvgIpc) is 2.46. The van der Waals surface area contributed by atoms with Gasteiger partial charge in [0.05, 0.1) is 6.54 Å². The van der Waals surface area contributed by atoms with Crippen LogP contribution in [0.5, 0.6) is 0 Å². The van der Waals surface area contributed by atoms with E-state index in [-0.39, 0.29) is 29.8 Å². The Morgan fingerprint density at radius 3 is 2.57 bits per heavy atom. The largest absolute Gasteiger partial charge is 0.370 e. The maximum Gasteiger partial charge on any atom is 0.191 e. The number of likely N-dealkylation sites (tertiary alicyclic amines) is 1. The van der Waals surface area contributed by atoms with Crippen LogP contribution in [0.1, 0.15) is 19.8 Å². The molecule has 1 fully saturated rings. The van der Waals surface area contributed by atoms with Crippen LogP contribution in [0.4, 0.5) is 4.39 Å². The van der Waals surface area contributed by atoms with Crippen molar-refractivity contribution >= 4 is 41.7 Å². The van der Waals surface area contributed by atoms with E-state index in [0.29, 0.717) is 12.5 Å². The standard InChI is InChI=1S/C15H22FN3S.HI/c1-12-6-9-19(10-7-12)15(17)18-8-11-20-14-4-2-13(16)3-5-14;/h2-5,12H,6-11H2,1H3,(H2,17,18);1H. The first-order valence-corrected chi connectivity index (χ1v) is 8.07. The molecule has 0 aromatic heterocycles. The maximum atomic E-state index is 12.8. The van der Waals surface area contributed by atoms with Crippen molar-refractivity contribution in [1.29, 1.82) is 0 Å². The molecule has 1 aliphatic rings. The average molecular weight is 423 g/mol. The SMILES string of the molecule is CC1CCN(C(N)=NCCSc2ccc(F)cc2)CC1.I. The van der Waals surface area contributed by atoms with Crippen LogP contribution in [-0.2, 0) is 0 Å². The van der Waals surface area contributed by atoms with Crippen molar-refractivity contribution < 1.29 is 4.39 Å². The van der Waals surface area contributed by atoms with E-state index in [4.69, 9.17) is 5.73 Å². The van der Waals surface area contributed by atoms with Crippen molar-refractivity contribution in [3.05, 3.63) is 30.1 Å². The Labute approximate surface area is 147 Å². The smallest absolute Gasteiger partial charge is 0.191 e. The van der Waals surface area contributed by atoms with Gasteiger partial charge in [-0.15, -0.1) is 35.7 Å². The molecule has 1 aromatic carbocycles. The molecule has 2 rings (SSSR count). The summed E-state index contributed by atoms with van der Waals surface area (Å²) in [6.45, 7) is 5.01. The van der Waals surface area contributed by atoms with E-state index in [9.17, 15) is 4.39 Å². The van der Waals surface area contributed by atoms with E-state index in [1.165, 1.54) is 25.0 Å². The number of rotatable bonds is 4. The summed E-state index contributed by atoms with van der Waals surface area (Å²) in [6, 6.07) is 6.54. The van der Waals surface area contributed by atoms with Crippen molar-refractivity contribution in [2.75, 3.05) is 25.4 Å². The van der Waals surface area contributed by atoms with Gasteiger partial charge in [-0.25, -0.2) is 4.39 Å². The quantitative estimate of drug-likeness (QED) is 0.265. The van der Waals surface area contributed by atoms with Gasteiger partial charge in [-0.3, -0.25) is 4.99 Å². The highest BCUT2D eigenvalue weighted by Crippen LogP contribution is 2.18. The number of hydrogen-bond acceptors (Lipinski definition) is 2. The number of aliphatic imine (C=N–C) groups is 1. The second kappa shape index (κ2) is 9.50. The van der Waals surface area contributed by atoms with Gasteiger partial charge in [0.15, 0.2) is 5.96 Å². The van der Waals surface area contributed by atoms with Gasteiger partial charge >= 0.3 is 0 Å². The van der Waals surface area contributed by atoms with Gasteiger partial charge in [-0.05, 0) is 43.0 Å². The lowest BCUT2D eigenvalue weighted by Crippen LogP contribution is -2.42. The zero-order chi connectivity index (χ0) is 14.4. The molecule has 0 saturated carbocycles. The van der Waals surface area contributed by atoms with Gasteiger partial charge < -0.3 is 10.6 Å². The Bertz CT molecular complexity index is 445. The molecular weight excluding hydrogens is 400 g/mol. The van der Waals surface area contributed by atoms with Crippen LogP contribution < -0.4 is 5.73 Å². The van der Waals surface area contributed by atoms with Crippen molar-refractivity contribution in [3.63, 3.8) is 0 Å². The van der Waals surface area contributed by atoms with E-state index in [2.05, 4.69) is 16.8 Å². The molecule has 3 nitrogen and oxygen atoms in total. The molecule has 118 valence electrons. The van der Waals surface area contributed by atoms with E-state index >= 15 is 0 Å². The van der Waals surface area contributed by atoms with Crippen molar-refractivity contribution in [3.8, 4) is 0 Å². The molecule has 0 amide bonds. The number of nitrogens with zero attached hydrogens (tertiary/aromatic N) is 2. The summed E-state index contributed by atoms with van der Waals surface area (Å²) < 4.78 is 12.8. The number of thioether (sulfide) groups is 1. The molecule has 6 heteroatoms. The van der Waals surface area contributed by atoms with E-state index in [1.54, 1.807) is 23.9 Å². The maximum absolute atomic E-state index is 12.8. The minimum absolute atomic E-state index is 0. The van der Waals surface area contributed by atoms with Gasteiger partial charge in [0, 0.05) is 23.7 Å². The first-order valence-electron chi connectivity index (χ1n) is 7.08. The van der Waals surface area contributed by atoms with Crippen molar-refractivity contribution in [2.24, 2.45) is 16.6 Å². The fraction of sp³-hybridized carbons (Fsp3) is 0.533. The van der Waals surface area contributed by atoms with Crippen LogP contribution in [0.15, 0.2) is 34.2 Å². The number of guanidine groups is 1. The van der Waals surface area contributed by atoms with Crippen molar-refractivity contribution in [2.45, 2.75) is 24.7 Å². The summed E-state index contributed by atoms with van der Waals surface area (Å²) in [5.41, 5.74) is 6.01. The van der Waals surface area contributed by atoms with Crippen LogP contribution in [-0.4, -0.2) is 36.2 Å². The van der Waals surface area contributed by atoms with E-state index < -0.39 is 0 Å². The lowest BCUT2D eigenvalue weighted by atomic mass is 10.00.